The van der Waals surface area contributed by atoms with Gasteiger partial charge < -0.3 is 0 Å². The zero-order valence-electron chi connectivity index (χ0n) is 33.1. The lowest BCUT2D eigenvalue weighted by Crippen LogP contribution is -2.20. The first kappa shape index (κ1) is 39.2. The normalized spacial score (nSPS) is 14.8. The van der Waals surface area contributed by atoms with E-state index in [-0.39, 0.29) is 5.41 Å². The summed E-state index contributed by atoms with van der Waals surface area (Å²) in [6.07, 6.45) is 14.3. The van der Waals surface area contributed by atoms with Gasteiger partial charge in [-0.1, -0.05) is 203 Å². The Hall–Kier alpha value is -6.52. The van der Waals surface area contributed by atoms with E-state index >= 15 is 0 Å². The average molecular weight is 731 g/mol. The Balaban J connectivity index is 0.000000527. The number of nitrogens with zero attached hydrogens (tertiary/aromatic N) is 4. The fourth-order valence-electron chi connectivity index (χ4n) is 6.74. The molecule has 2 heterocycles. The standard InChI is InChI=1S/C43H36N4.C7H8.C2H6/c1-43(2,36-24-15-29-44-30-36)38-26-14-25-37(39(38)33-19-8-4-9-20-33)42-46-40(34-21-10-5-11-22-34)45-41(47-42)35-23-13-12-18-32(27-28-35)31-16-6-3-7-17-31;1-7-5-3-2-4-6-7;1-2/h3-17,19-22,24-30H,18,23H2,1-2H3;2-6H,1H3;1-2H3/b13-12-,32-27+,35-28+;;. The number of hydrogen-bond acceptors (Lipinski definition) is 4. The molecule has 5 aromatic carbocycles. The van der Waals surface area contributed by atoms with Crippen molar-refractivity contribution >= 4 is 11.1 Å². The maximum Gasteiger partial charge on any atom is 0.164 e. The number of aromatic nitrogens is 4. The Bertz CT molecular complexity index is 2380. The smallest absolute Gasteiger partial charge is 0.164 e. The first-order chi connectivity index (χ1) is 27.5. The number of allylic oxidation sites excluding steroid dienone is 6. The highest BCUT2D eigenvalue weighted by Gasteiger charge is 2.29. The molecule has 1 aliphatic carbocycles. The van der Waals surface area contributed by atoms with Gasteiger partial charge >= 0.3 is 0 Å². The van der Waals surface area contributed by atoms with Gasteiger partial charge in [-0.3, -0.25) is 4.98 Å². The Morgan fingerprint density at radius 3 is 1.61 bits per heavy atom. The molecular weight excluding hydrogens is 681 g/mol. The van der Waals surface area contributed by atoms with E-state index in [0.717, 1.165) is 46.2 Å². The van der Waals surface area contributed by atoms with Gasteiger partial charge in [0.2, 0.25) is 0 Å². The molecule has 4 nitrogen and oxygen atoms in total. The molecule has 0 atom stereocenters. The predicted molar refractivity (Wildman–Crippen MR) is 236 cm³/mol. The molecule has 0 spiro atoms. The van der Waals surface area contributed by atoms with Crippen LogP contribution in [0.3, 0.4) is 0 Å². The van der Waals surface area contributed by atoms with Crippen molar-refractivity contribution in [3.63, 3.8) is 0 Å². The quantitative estimate of drug-likeness (QED) is 0.153. The molecule has 0 saturated carbocycles. The third-order valence-electron chi connectivity index (χ3n) is 9.79. The molecule has 7 aromatic rings. The van der Waals surface area contributed by atoms with Crippen LogP contribution in [0.2, 0.25) is 0 Å². The molecule has 0 N–H and O–H groups in total. The lowest BCUT2D eigenvalue weighted by molar-refractivity contribution is 0.639. The van der Waals surface area contributed by atoms with E-state index in [2.05, 4.69) is 159 Å². The van der Waals surface area contributed by atoms with Crippen LogP contribution in [0.5, 0.6) is 0 Å². The van der Waals surface area contributed by atoms with Gasteiger partial charge in [-0.15, -0.1) is 0 Å². The van der Waals surface area contributed by atoms with Gasteiger partial charge in [0.25, 0.3) is 0 Å². The second kappa shape index (κ2) is 19.2. The van der Waals surface area contributed by atoms with Crippen LogP contribution in [0, 0.1) is 6.92 Å². The molecule has 0 saturated heterocycles. The van der Waals surface area contributed by atoms with Crippen molar-refractivity contribution in [3.05, 3.63) is 216 Å². The van der Waals surface area contributed by atoms with E-state index in [0.29, 0.717) is 17.5 Å². The minimum absolute atomic E-state index is 0.334. The van der Waals surface area contributed by atoms with Crippen LogP contribution in [-0.4, -0.2) is 19.9 Å². The van der Waals surface area contributed by atoms with Crippen LogP contribution < -0.4 is 0 Å². The zero-order chi connectivity index (χ0) is 39.2. The SMILES string of the molecule is CC.CC(C)(c1cccnc1)c1cccc(-c2nc(/C3=C/C=C(/c4ccccc4)C/C=C\C3)nc(-c3ccccc3)n2)c1-c1ccccc1.Cc1ccccc1. The van der Waals surface area contributed by atoms with Crippen molar-refractivity contribution in [2.24, 2.45) is 0 Å². The molecule has 0 radical (unpaired) electrons. The van der Waals surface area contributed by atoms with Crippen molar-refractivity contribution in [3.8, 4) is 33.9 Å². The van der Waals surface area contributed by atoms with Crippen LogP contribution in [0.4, 0.5) is 0 Å². The first-order valence-electron chi connectivity index (χ1n) is 19.5. The van der Waals surface area contributed by atoms with Crippen molar-refractivity contribution < 1.29 is 0 Å². The molecular formula is C52H50N4. The molecule has 0 aliphatic heterocycles. The van der Waals surface area contributed by atoms with E-state index in [1.807, 2.05) is 68.7 Å². The van der Waals surface area contributed by atoms with Gasteiger partial charge in [0.05, 0.1) is 0 Å². The topological polar surface area (TPSA) is 51.6 Å². The molecule has 2 aromatic heterocycles. The summed E-state index contributed by atoms with van der Waals surface area (Å²) in [5.74, 6) is 1.98. The Morgan fingerprint density at radius 2 is 1.02 bits per heavy atom. The fourth-order valence-corrected chi connectivity index (χ4v) is 6.74. The first-order valence-corrected chi connectivity index (χ1v) is 19.5. The Morgan fingerprint density at radius 1 is 0.482 bits per heavy atom. The van der Waals surface area contributed by atoms with Gasteiger partial charge in [0, 0.05) is 34.5 Å². The van der Waals surface area contributed by atoms with E-state index in [1.165, 1.54) is 22.3 Å². The largest absolute Gasteiger partial charge is 0.264 e. The second-order valence-corrected chi connectivity index (χ2v) is 13.9. The lowest BCUT2D eigenvalue weighted by Gasteiger charge is -2.29. The maximum atomic E-state index is 5.24. The molecule has 56 heavy (non-hydrogen) atoms. The number of benzene rings is 5. The summed E-state index contributed by atoms with van der Waals surface area (Å²) in [6, 6.07) is 52.2. The predicted octanol–water partition coefficient (Wildman–Crippen LogP) is 13.4. The second-order valence-electron chi connectivity index (χ2n) is 13.9. The molecule has 0 amide bonds. The number of aryl methyl sites for hydroxylation is 1. The summed E-state index contributed by atoms with van der Waals surface area (Å²) in [4.78, 5) is 19.9. The third-order valence-corrected chi connectivity index (χ3v) is 9.79. The van der Waals surface area contributed by atoms with Gasteiger partial charge in [-0.2, -0.15) is 0 Å². The highest BCUT2D eigenvalue weighted by Crippen LogP contribution is 2.42. The van der Waals surface area contributed by atoms with Crippen LogP contribution in [0.15, 0.2) is 188 Å². The van der Waals surface area contributed by atoms with Gasteiger partial charge in [-0.25, -0.2) is 15.0 Å². The molecule has 1 aliphatic rings. The molecule has 0 bridgehead atoms. The molecule has 0 unspecified atom stereocenters. The summed E-state index contributed by atoms with van der Waals surface area (Å²) in [5, 5.41) is 0. The number of hydrogen-bond donors (Lipinski definition) is 0. The van der Waals surface area contributed by atoms with Crippen molar-refractivity contribution in [1.82, 2.24) is 19.9 Å². The molecule has 278 valence electrons. The summed E-state index contributed by atoms with van der Waals surface area (Å²) in [5.41, 5.74) is 11.0. The van der Waals surface area contributed by atoms with Crippen LogP contribution >= 0.6 is 0 Å². The van der Waals surface area contributed by atoms with Gasteiger partial charge in [-0.05, 0) is 59.2 Å². The zero-order valence-corrected chi connectivity index (χ0v) is 33.1. The van der Waals surface area contributed by atoms with Crippen molar-refractivity contribution in [2.75, 3.05) is 0 Å². The fraction of sp³-hybridized carbons (Fsp3) is 0.154. The van der Waals surface area contributed by atoms with Crippen LogP contribution in [0.1, 0.15) is 68.6 Å². The van der Waals surface area contributed by atoms with Crippen molar-refractivity contribution in [2.45, 2.75) is 52.9 Å². The minimum atomic E-state index is -0.334. The molecule has 0 fully saturated rings. The van der Waals surface area contributed by atoms with E-state index in [4.69, 9.17) is 15.0 Å². The monoisotopic (exact) mass is 730 g/mol. The average Bonchev–Trinajstić information content (AvgIpc) is 3.26. The minimum Gasteiger partial charge on any atom is -0.264 e. The summed E-state index contributed by atoms with van der Waals surface area (Å²) in [7, 11) is 0. The Labute approximate surface area is 333 Å². The maximum absolute atomic E-state index is 5.24. The van der Waals surface area contributed by atoms with Gasteiger partial charge in [0.15, 0.2) is 17.5 Å². The third kappa shape index (κ3) is 9.58. The molecule has 4 heteroatoms. The summed E-state index contributed by atoms with van der Waals surface area (Å²) in [6.45, 7) is 10.6. The lowest BCUT2D eigenvalue weighted by atomic mass is 9.74. The molecule has 8 rings (SSSR count). The van der Waals surface area contributed by atoms with Crippen molar-refractivity contribution in [1.29, 1.82) is 0 Å². The van der Waals surface area contributed by atoms with Crippen LogP contribution in [-0.2, 0) is 5.41 Å². The van der Waals surface area contributed by atoms with Gasteiger partial charge in [0.1, 0.15) is 0 Å². The highest BCUT2D eigenvalue weighted by molar-refractivity contribution is 5.85. The Kier molecular flexibility index (Phi) is 13.4. The number of pyridine rings is 1. The summed E-state index contributed by atoms with van der Waals surface area (Å²) >= 11 is 0. The highest BCUT2D eigenvalue weighted by atomic mass is 15.0. The number of rotatable bonds is 7. The summed E-state index contributed by atoms with van der Waals surface area (Å²) < 4.78 is 0. The van der Waals surface area contributed by atoms with E-state index in [1.54, 1.807) is 0 Å². The van der Waals surface area contributed by atoms with Crippen LogP contribution in [0.25, 0.3) is 45.0 Å². The van der Waals surface area contributed by atoms with E-state index in [9.17, 15) is 0 Å². The van der Waals surface area contributed by atoms with E-state index < -0.39 is 0 Å².